The first kappa shape index (κ1) is 12.2. The number of hydrogen-bond donors (Lipinski definition) is 0. The number of nitriles is 2. The van der Waals surface area contributed by atoms with Crippen molar-refractivity contribution in [2.45, 2.75) is 26.2 Å². The van der Waals surface area contributed by atoms with E-state index in [2.05, 4.69) is 38.1 Å². The van der Waals surface area contributed by atoms with Crippen molar-refractivity contribution in [3.8, 4) is 12.1 Å². The van der Waals surface area contributed by atoms with Crippen molar-refractivity contribution in [3.05, 3.63) is 35.9 Å². The quantitative estimate of drug-likeness (QED) is 0.676. The summed E-state index contributed by atoms with van der Waals surface area (Å²) in [5, 5.41) is 15.2. The van der Waals surface area contributed by atoms with Crippen LogP contribution in [0.1, 0.15) is 31.7 Å². The number of hydrogen-bond acceptors (Lipinski definition) is 2. The highest BCUT2D eigenvalue weighted by atomic mass is 14.3. The molecule has 0 aliphatic carbocycles. The summed E-state index contributed by atoms with van der Waals surface area (Å²) in [5.41, 5.74) is 1.41. The van der Waals surface area contributed by atoms with Crippen molar-refractivity contribution < 1.29 is 0 Å². The monoisotopic (exact) mass is 186 g/mol. The van der Waals surface area contributed by atoms with E-state index in [0.29, 0.717) is 5.92 Å². The maximum absolute atomic E-state index is 7.59. The fourth-order valence-electron chi connectivity index (χ4n) is 0.873. The largest absolute Gasteiger partial charge is 0.197 e. The normalized spacial score (nSPS) is 8.07. The Morgan fingerprint density at radius 3 is 1.79 bits per heavy atom. The van der Waals surface area contributed by atoms with Gasteiger partial charge in [0.25, 0.3) is 0 Å². The van der Waals surface area contributed by atoms with Crippen LogP contribution in [-0.4, -0.2) is 0 Å². The van der Waals surface area contributed by atoms with Crippen molar-refractivity contribution in [1.29, 1.82) is 10.5 Å². The summed E-state index contributed by atoms with van der Waals surface area (Å²) in [6.07, 6.45) is 0. The molecule has 1 aromatic carbocycles. The molecule has 2 nitrogen and oxygen atoms in total. The highest BCUT2D eigenvalue weighted by molar-refractivity contribution is 5.17. The second-order valence-electron chi connectivity index (χ2n) is 3.06. The smallest absolute Gasteiger partial charge is 0.122 e. The van der Waals surface area contributed by atoms with E-state index in [1.807, 2.05) is 6.07 Å². The average Bonchev–Trinajstić information content (AvgIpc) is 2.21. The molecule has 0 bridgehead atoms. The fraction of sp³-hybridized carbons (Fsp3) is 0.333. The van der Waals surface area contributed by atoms with E-state index in [0.717, 1.165) is 0 Å². The van der Waals surface area contributed by atoms with Gasteiger partial charge in [0.15, 0.2) is 0 Å². The van der Waals surface area contributed by atoms with E-state index < -0.39 is 0 Å². The molecular formula is C12H14N2. The first-order valence-corrected chi connectivity index (χ1v) is 4.51. The predicted molar refractivity (Wildman–Crippen MR) is 56.4 cm³/mol. The zero-order valence-electron chi connectivity index (χ0n) is 8.57. The third-order valence-electron chi connectivity index (χ3n) is 1.62. The SMILES string of the molecule is CC(C)c1ccccc1.N#CCC#N. The van der Waals surface area contributed by atoms with Gasteiger partial charge in [0.05, 0.1) is 12.1 Å². The molecule has 72 valence electrons. The van der Waals surface area contributed by atoms with Gasteiger partial charge in [-0.3, -0.25) is 0 Å². The van der Waals surface area contributed by atoms with Crippen LogP contribution in [0.25, 0.3) is 0 Å². The van der Waals surface area contributed by atoms with E-state index >= 15 is 0 Å². The molecule has 0 atom stereocenters. The Morgan fingerprint density at radius 2 is 1.57 bits per heavy atom. The van der Waals surface area contributed by atoms with Gasteiger partial charge in [-0.2, -0.15) is 10.5 Å². The van der Waals surface area contributed by atoms with Gasteiger partial charge in [-0.1, -0.05) is 44.2 Å². The predicted octanol–water partition coefficient (Wildman–Crippen LogP) is 3.23. The van der Waals surface area contributed by atoms with E-state index in [1.165, 1.54) is 5.56 Å². The van der Waals surface area contributed by atoms with Gasteiger partial charge in [-0.15, -0.1) is 0 Å². The lowest BCUT2D eigenvalue weighted by molar-refractivity contribution is 0.867. The summed E-state index contributed by atoms with van der Waals surface area (Å²) >= 11 is 0. The Bertz CT molecular complexity index is 302. The van der Waals surface area contributed by atoms with Crippen LogP contribution >= 0.6 is 0 Å². The molecule has 0 aliphatic heterocycles. The summed E-state index contributed by atoms with van der Waals surface area (Å²) in [6.45, 7) is 4.41. The molecule has 0 saturated heterocycles. The summed E-state index contributed by atoms with van der Waals surface area (Å²) < 4.78 is 0. The van der Waals surface area contributed by atoms with Gasteiger partial charge in [0, 0.05) is 0 Å². The third kappa shape index (κ3) is 5.80. The molecule has 2 heteroatoms. The van der Waals surface area contributed by atoms with Crippen LogP contribution in [-0.2, 0) is 0 Å². The highest BCUT2D eigenvalue weighted by Gasteiger charge is 1.93. The van der Waals surface area contributed by atoms with Gasteiger partial charge in [-0.25, -0.2) is 0 Å². The van der Waals surface area contributed by atoms with Crippen LogP contribution in [0.5, 0.6) is 0 Å². The van der Waals surface area contributed by atoms with Gasteiger partial charge in [-0.05, 0) is 11.5 Å². The van der Waals surface area contributed by atoms with Crippen LogP contribution in [0.15, 0.2) is 30.3 Å². The molecule has 1 aromatic rings. The molecule has 0 unspecified atom stereocenters. The molecule has 0 heterocycles. The van der Waals surface area contributed by atoms with Crippen LogP contribution < -0.4 is 0 Å². The van der Waals surface area contributed by atoms with Crippen molar-refractivity contribution in [3.63, 3.8) is 0 Å². The minimum absolute atomic E-state index is 0. The first-order chi connectivity index (χ1) is 6.72. The summed E-state index contributed by atoms with van der Waals surface area (Å²) in [4.78, 5) is 0. The van der Waals surface area contributed by atoms with Crippen molar-refractivity contribution in [1.82, 2.24) is 0 Å². The lowest BCUT2D eigenvalue weighted by Crippen LogP contribution is -1.83. The number of rotatable bonds is 1. The maximum Gasteiger partial charge on any atom is 0.122 e. The van der Waals surface area contributed by atoms with Gasteiger partial charge >= 0.3 is 0 Å². The van der Waals surface area contributed by atoms with E-state index in [9.17, 15) is 0 Å². The van der Waals surface area contributed by atoms with Crippen LogP contribution in [0.2, 0.25) is 0 Å². The summed E-state index contributed by atoms with van der Waals surface area (Å²) in [7, 11) is 0. The van der Waals surface area contributed by atoms with Gasteiger partial charge < -0.3 is 0 Å². The van der Waals surface area contributed by atoms with Crippen molar-refractivity contribution >= 4 is 0 Å². The minimum atomic E-state index is 0. The Hall–Kier alpha value is -1.80. The number of nitrogens with zero attached hydrogens (tertiary/aromatic N) is 2. The van der Waals surface area contributed by atoms with Gasteiger partial charge in [0.2, 0.25) is 0 Å². The van der Waals surface area contributed by atoms with E-state index in [-0.39, 0.29) is 6.42 Å². The summed E-state index contributed by atoms with van der Waals surface area (Å²) in [5.74, 6) is 0.659. The Kier molecular flexibility index (Phi) is 6.82. The number of benzene rings is 1. The molecule has 0 saturated carbocycles. The van der Waals surface area contributed by atoms with Gasteiger partial charge in [0.1, 0.15) is 6.42 Å². The standard InChI is InChI=1S/C9H12.C3H2N2/c1-8(2)9-6-4-3-5-7-9;4-2-1-3-5/h3-8H,1-2H3;1H2. The van der Waals surface area contributed by atoms with Crippen molar-refractivity contribution in [2.75, 3.05) is 0 Å². The maximum atomic E-state index is 7.59. The molecule has 14 heavy (non-hydrogen) atoms. The fourth-order valence-corrected chi connectivity index (χ4v) is 0.873. The molecule has 0 spiro atoms. The zero-order chi connectivity index (χ0) is 10.8. The summed E-state index contributed by atoms with van der Waals surface area (Å²) in [6, 6.07) is 13.8. The second kappa shape index (κ2) is 7.83. The highest BCUT2D eigenvalue weighted by Crippen LogP contribution is 2.11. The zero-order valence-corrected chi connectivity index (χ0v) is 8.57. The van der Waals surface area contributed by atoms with Crippen LogP contribution in [0, 0.1) is 22.7 Å². The lowest BCUT2D eigenvalue weighted by Gasteiger charge is -2.01. The van der Waals surface area contributed by atoms with Crippen molar-refractivity contribution in [2.24, 2.45) is 0 Å². The average molecular weight is 186 g/mol. The van der Waals surface area contributed by atoms with E-state index in [4.69, 9.17) is 10.5 Å². The molecular weight excluding hydrogens is 172 g/mol. The van der Waals surface area contributed by atoms with E-state index in [1.54, 1.807) is 12.1 Å². The third-order valence-corrected chi connectivity index (χ3v) is 1.62. The molecule has 1 rings (SSSR count). The first-order valence-electron chi connectivity index (χ1n) is 4.51. The molecule has 0 aliphatic rings. The molecule has 0 radical (unpaired) electrons. The molecule has 0 aromatic heterocycles. The Morgan fingerprint density at radius 1 is 1.07 bits per heavy atom. The Labute approximate surface area is 85.4 Å². The molecule has 0 N–H and O–H groups in total. The molecule has 0 fully saturated rings. The topological polar surface area (TPSA) is 47.6 Å². The lowest BCUT2D eigenvalue weighted by atomic mass is 10.0. The Balaban J connectivity index is 0.000000292. The van der Waals surface area contributed by atoms with Crippen LogP contribution in [0.3, 0.4) is 0 Å². The van der Waals surface area contributed by atoms with Crippen LogP contribution in [0.4, 0.5) is 0 Å². The second-order valence-corrected chi connectivity index (χ2v) is 3.06. The minimum Gasteiger partial charge on any atom is -0.197 e. The molecule has 0 amide bonds.